The van der Waals surface area contributed by atoms with Gasteiger partial charge < -0.3 is 5.11 Å². The molecule has 4 aromatic rings. The average Bonchev–Trinajstić information content (AvgIpc) is 2.71. The first-order valence-electron chi connectivity index (χ1n) is 8.30. The molecule has 0 amide bonds. The van der Waals surface area contributed by atoms with Crippen LogP contribution in [0.3, 0.4) is 0 Å². The zero-order chi connectivity index (χ0) is 17.9. The Morgan fingerprint density at radius 1 is 0.962 bits per heavy atom. The molecule has 0 aliphatic carbocycles. The van der Waals surface area contributed by atoms with Crippen LogP contribution < -0.4 is 0 Å². The standard InChI is InChI=1S/C21H16ClN3O/c22-19-12-18(21(26)20-16(19)7-4-10-25-20)17(14-5-3-8-23-13-14)11-15-6-1-2-9-24-15/h1-10,12-13,17,26H,11H2. The highest BCUT2D eigenvalue weighted by Crippen LogP contribution is 2.40. The third-order valence-electron chi connectivity index (χ3n) is 4.45. The maximum atomic E-state index is 10.9. The van der Waals surface area contributed by atoms with Gasteiger partial charge in [0.15, 0.2) is 0 Å². The van der Waals surface area contributed by atoms with Gasteiger partial charge in [-0.15, -0.1) is 0 Å². The predicted molar refractivity (Wildman–Crippen MR) is 102 cm³/mol. The third kappa shape index (κ3) is 3.11. The number of phenols is 1. The molecular formula is C21H16ClN3O. The molecule has 1 atom stereocenters. The molecule has 0 spiro atoms. The maximum Gasteiger partial charge on any atom is 0.145 e. The van der Waals surface area contributed by atoms with Gasteiger partial charge in [0.25, 0.3) is 0 Å². The minimum Gasteiger partial charge on any atom is -0.505 e. The van der Waals surface area contributed by atoms with E-state index in [0.29, 0.717) is 17.0 Å². The van der Waals surface area contributed by atoms with E-state index in [9.17, 15) is 5.11 Å². The first-order valence-corrected chi connectivity index (χ1v) is 8.68. The number of benzene rings is 1. The second kappa shape index (κ2) is 7.10. The molecule has 4 nitrogen and oxygen atoms in total. The van der Waals surface area contributed by atoms with Gasteiger partial charge in [-0.05, 0) is 42.0 Å². The number of nitrogens with zero attached hydrogens (tertiary/aromatic N) is 3. The van der Waals surface area contributed by atoms with E-state index in [-0.39, 0.29) is 11.7 Å². The topological polar surface area (TPSA) is 58.9 Å². The van der Waals surface area contributed by atoms with Crippen LogP contribution in [0.15, 0.2) is 73.3 Å². The summed E-state index contributed by atoms with van der Waals surface area (Å²) in [6.45, 7) is 0. The molecule has 0 saturated heterocycles. The lowest BCUT2D eigenvalue weighted by Gasteiger charge is -2.20. The molecule has 128 valence electrons. The fraction of sp³-hybridized carbons (Fsp3) is 0.0952. The second-order valence-electron chi connectivity index (χ2n) is 6.06. The summed E-state index contributed by atoms with van der Waals surface area (Å²) in [5, 5.41) is 12.2. The minimum atomic E-state index is -0.137. The van der Waals surface area contributed by atoms with Gasteiger partial charge in [-0.1, -0.05) is 23.7 Å². The Bertz CT molecular complexity index is 1040. The number of fused-ring (bicyclic) bond motifs is 1. The van der Waals surface area contributed by atoms with E-state index < -0.39 is 0 Å². The third-order valence-corrected chi connectivity index (χ3v) is 4.76. The zero-order valence-electron chi connectivity index (χ0n) is 13.9. The van der Waals surface area contributed by atoms with Gasteiger partial charge in [-0.25, -0.2) is 0 Å². The van der Waals surface area contributed by atoms with E-state index in [2.05, 4.69) is 15.0 Å². The second-order valence-corrected chi connectivity index (χ2v) is 6.47. The number of rotatable bonds is 4. The Kier molecular flexibility index (Phi) is 4.50. The van der Waals surface area contributed by atoms with Crippen molar-refractivity contribution in [3.05, 3.63) is 95.2 Å². The van der Waals surface area contributed by atoms with Crippen LogP contribution in [0.4, 0.5) is 0 Å². The largest absolute Gasteiger partial charge is 0.505 e. The van der Waals surface area contributed by atoms with Crippen LogP contribution in [0.25, 0.3) is 10.9 Å². The SMILES string of the molecule is Oc1c(C(Cc2ccccn2)c2cccnc2)cc(Cl)c2cccnc12. The Labute approximate surface area is 156 Å². The Morgan fingerprint density at radius 2 is 1.81 bits per heavy atom. The summed E-state index contributed by atoms with van der Waals surface area (Å²) in [5.41, 5.74) is 3.14. The Morgan fingerprint density at radius 3 is 2.58 bits per heavy atom. The van der Waals surface area contributed by atoms with Crippen molar-refractivity contribution >= 4 is 22.5 Å². The fourth-order valence-corrected chi connectivity index (χ4v) is 3.46. The van der Waals surface area contributed by atoms with E-state index >= 15 is 0 Å². The highest BCUT2D eigenvalue weighted by molar-refractivity contribution is 6.35. The van der Waals surface area contributed by atoms with Crippen LogP contribution in [-0.4, -0.2) is 20.1 Å². The van der Waals surface area contributed by atoms with Crippen LogP contribution >= 0.6 is 11.6 Å². The molecule has 3 aromatic heterocycles. The number of hydrogen-bond acceptors (Lipinski definition) is 4. The predicted octanol–water partition coefficient (Wildman–Crippen LogP) is 4.76. The van der Waals surface area contributed by atoms with E-state index in [4.69, 9.17) is 11.6 Å². The quantitative estimate of drug-likeness (QED) is 0.569. The molecule has 1 unspecified atom stereocenters. The van der Waals surface area contributed by atoms with Crippen molar-refractivity contribution in [2.45, 2.75) is 12.3 Å². The number of hydrogen-bond donors (Lipinski definition) is 1. The van der Waals surface area contributed by atoms with E-state index in [1.807, 2.05) is 48.7 Å². The molecular weight excluding hydrogens is 346 g/mol. The van der Waals surface area contributed by atoms with Gasteiger partial charge in [0.05, 0.1) is 5.02 Å². The normalized spacial score (nSPS) is 12.2. The number of pyridine rings is 3. The zero-order valence-corrected chi connectivity index (χ0v) is 14.6. The molecule has 0 radical (unpaired) electrons. The summed E-state index contributed by atoms with van der Waals surface area (Å²) >= 11 is 6.49. The molecule has 1 N–H and O–H groups in total. The van der Waals surface area contributed by atoms with Crippen molar-refractivity contribution in [1.29, 1.82) is 0 Å². The van der Waals surface area contributed by atoms with E-state index in [1.54, 1.807) is 24.7 Å². The highest BCUT2D eigenvalue weighted by atomic mass is 35.5. The Hall–Kier alpha value is -2.98. The molecule has 0 fully saturated rings. The number of aromatic hydroxyl groups is 1. The lowest BCUT2D eigenvalue weighted by atomic mass is 9.87. The van der Waals surface area contributed by atoms with Crippen LogP contribution in [-0.2, 0) is 6.42 Å². The van der Waals surface area contributed by atoms with Crippen molar-refractivity contribution in [2.24, 2.45) is 0 Å². The summed E-state index contributed by atoms with van der Waals surface area (Å²) in [6, 6.07) is 15.2. The molecule has 1 aromatic carbocycles. The Balaban J connectivity index is 1.89. The van der Waals surface area contributed by atoms with Crippen LogP contribution in [0.2, 0.25) is 5.02 Å². The summed E-state index contributed by atoms with van der Waals surface area (Å²) in [4.78, 5) is 13.0. The van der Waals surface area contributed by atoms with Crippen LogP contribution in [0, 0.1) is 0 Å². The van der Waals surface area contributed by atoms with Gasteiger partial charge in [0.1, 0.15) is 11.3 Å². The first-order chi connectivity index (χ1) is 12.7. The van der Waals surface area contributed by atoms with Crippen LogP contribution in [0.1, 0.15) is 22.7 Å². The molecule has 0 bridgehead atoms. The lowest BCUT2D eigenvalue weighted by Crippen LogP contribution is -2.07. The highest BCUT2D eigenvalue weighted by Gasteiger charge is 2.22. The summed E-state index contributed by atoms with van der Waals surface area (Å²) in [6.07, 6.45) is 7.58. The van der Waals surface area contributed by atoms with Crippen molar-refractivity contribution in [3.63, 3.8) is 0 Å². The molecule has 4 rings (SSSR count). The lowest BCUT2D eigenvalue weighted by molar-refractivity contribution is 0.469. The summed E-state index contributed by atoms with van der Waals surface area (Å²) < 4.78 is 0. The monoisotopic (exact) mass is 361 g/mol. The van der Waals surface area contributed by atoms with Crippen molar-refractivity contribution in [1.82, 2.24) is 15.0 Å². The first kappa shape index (κ1) is 16.5. The fourth-order valence-electron chi connectivity index (χ4n) is 3.19. The average molecular weight is 362 g/mol. The van der Waals surface area contributed by atoms with E-state index in [0.717, 1.165) is 22.2 Å². The molecule has 5 heteroatoms. The molecule has 0 aliphatic heterocycles. The number of phenolic OH excluding ortho intramolecular Hbond substituents is 1. The van der Waals surface area contributed by atoms with Crippen LogP contribution in [0.5, 0.6) is 5.75 Å². The number of aromatic nitrogens is 3. The summed E-state index contributed by atoms with van der Waals surface area (Å²) in [5.74, 6) is 0.0114. The van der Waals surface area contributed by atoms with E-state index in [1.165, 1.54) is 0 Å². The van der Waals surface area contributed by atoms with Crippen molar-refractivity contribution in [2.75, 3.05) is 0 Å². The summed E-state index contributed by atoms with van der Waals surface area (Å²) in [7, 11) is 0. The molecule has 0 aliphatic rings. The van der Waals surface area contributed by atoms with Gasteiger partial charge in [0, 0.05) is 53.8 Å². The number of halogens is 1. The van der Waals surface area contributed by atoms with Gasteiger partial charge in [-0.3, -0.25) is 15.0 Å². The van der Waals surface area contributed by atoms with Gasteiger partial charge in [0.2, 0.25) is 0 Å². The van der Waals surface area contributed by atoms with Gasteiger partial charge >= 0.3 is 0 Å². The van der Waals surface area contributed by atoms with Gasteiger partial charge in [-0.2, -0.15) is 0 Å². The maximum absolute atomic E-state index is 10.9. The van der Waals surface area contributed by atoms with Crippen molar-refractivity contribution < 1.29 is 5.11 Å². The molecule has 0 saturated carbocycles. The minimum absolute atomic E-state index is 0.137. The molecule has 26 heavy (non-hydrogen) atoms. The van der Waals surface area contributed by atoms with Crippen molar-refractivity contribution in [3.8, 4) is 5.75 Å². The molecule has 3 heterocycles. The smallest absolute Gasteiger partial charge is 0.145 e.